The van der Waals surface area contributed by atoms with E-state index in [-0.39, 0.29) is 6.61 Å². The molecule has 6 heteroatoms. The average molecular weight is 268 g/mol. The normalized spacial score (nSPS) is 16.4. The summed E-state index contributed by atoms with van der Waals surface area (Å²) in [5.74, 6) is 0. The number of hydrogen-bond donors (Lipinski definition) is 2. The molecule has 1 aromatic heterocycles. The van der Waals surface area contributed by atoms with Crippen LogP contribution in [0.3, 0.4) is 0 Å². The highest BCUT2D eigenvalue weighted by Crippen LogP contribution is 2.28. The maximum Gasteiger partial charge on any atom is 0.298 e. The van der Waals surface area contributed by atoms with Gasteiger partial charge >= 0.3 is 0 Å². The van der Waals surface area contributed by atoms with Crippen LogP contribution in [0.5, 0.6) is 0 Å². The Morgan fingerprint density at radius 2 is 2.17 bits per heavy atom. The van der Waals surface area contributed by atoms with Gasteiger partial charge in [-0.3, -0.25) is 0 Å². The van der Waals surface area contributed by atoms with Gasteiger partial charge in [0.15, 0.2) is 5.58 Å². The van der Waals surface area contributed by atoms with E-state index in [0.717, 1.165) is 26.2 Å². The van der Waals surface area contributed by atoms with Crippen LogP contribution in [0, 0.1) is 0 Å². The van der Waals surface area contributed by atoms with Crippen LogP contribution in [0.2, 0.25) is 5.02 Å². The lowest BCUT2D eigenvalue weighted by Gasteiger charge is -2.25. The molecule has 1 fully saturated rings. The first kappa shape index (κ1) is 11.8. The number of rotatable bonds is 2. The van der Waals surface area contributed by atoms with Crippen LogP contribution in [-0.4, -0.2) is 36.3 Å². The summed E-state index contributed by atoms with van der Waals surface area (Å²) in [4.78, 5) is 6.53. The summed E-state index contributed by atoms with van der Waals surface area (Å²) in [7, 11) is 0. The third-order valence-electron chi connectivity index (χ3n) is 3.08. The minimum atomic E-state index is -0.104. The number of aliphatic hydroxyl groups is 1. The highest BCUT2D eigenvalue weighted by Gasteiger charge is 2.18. The molecule has 18 heavy (non-hydrogen) atoms. The summed E-state index contributed by atoms with van der Waals surface area (Å²) in [5, 5.41) is 13.1. The van der Waals surface area contributed by atoms with Gasteiger partial charge in [-0.15, -0.1) is 0 Å². The average Bonchev–Trinajstić information content (AvgIpc) is 2.82. The topological polar surface area (TPSA) is 61.5 Å². The molecule has 1 aromatic carbocycles. The molecule has 0 amide bonds. The van der Waals surface area contributed by atoms with Crippen LogP contribution in [0.15, 0.2) is 16.5 Å². The summed E-state index contributed by atoms with van der Waals surface area (Å²) in [6, 6.07) is 4.06. The monoisotopic (exact) mass is 267 g/mol. The van der Waals surface area contributed by atoms with Crippen LogP contribution < -0.4 is 10.2 Å². The Labute approximate surface area is 109 Å². The van der Waals surface area contributed by atoms with E-state index < -0.39 is 0 Å². The Morgan fingerprint density at radius 1 is 1.39 bits per heavy atom. The van der Waals surface area contributed by atoms with Crippen LogP contribution >= 0.6 is 11.6 Å². The summed E-state index contributed by atoms with van der Waals surface area (Å²) >= 11 is 5.98. The molecule has 3 rings (SSSR count). The number of piperazine rings is 1. The Balaban J connectivity index is 2.04. The van der Waals surface area contributed by atoms with Crippen molar-refractivity contribution in [3.8, 4) is 0 Å². The van der Waals surface area contributed by atoms with Crippen molar-refractivity contribution in [2.45, 2.75) is 6.61 Å². The van der Waals surface area contributed by atoms with Crippen LogP contribution in [-0.2, 0) is 6.61 Å². The predicted molar refractivity (Wildman–Crippen MR) is 70.0 cm³/mol. The molecule has 0 unspecified atom stereocenters. The van der Waals surface area contributed by atoms with E-state index in [2.05, 4.69) is 15.2 Å². The van der Waals surface area contributed by atoms with Crippen LogP contribution in [0.25, 0.3) is 11.1 Å². The molecule has 2 N–H and O–H groups in total. The second kappa shape index (κ2) is 4.76. The van der Waals surface area contributed by atoms with E-state index in [0.29, 0.717) is 27.7 Å². The van der Waals surface area contributed by atoms with Crippen molar-refractivity contribution in [3.05, 3.63) is 22.7 Å². The number of halogens is 1. The van der Waals surface area contributed by atoms with E-state index >= 15 is 0 Å². The molecule has 1 saturated heterocycles. The fraction of sp³-hybridized carbons (Fsp3) is 0.417. The van der Waals surface area contributed by atoms with E-state index in [1.54, 1.807) is 12.1 Å². The van der Waals surface area contributed by atoms with Gasteiger partial charge in [0.1, 0.15) is 5.52 Å². The van der Waals surface area contributed by atoms with Gasteiger partial charge < -0.3 is 19.7 Å². The van der Waals surface area contributed by atoms with Gasteiger partial charge in [-0.25, -0.2) is 0 Å². The molecule has 0 aliphatic carbocycles. The first-order valence-corrected chi connectivity index (χ1v) is 6.31. The van der Waals surface area contributed by atoms with E-state index in [4.69, 9.17) is 16.0 Å². The summed E-state index contributed by atoms with van der Waals surface area (Å²) in [6.45, 7) is 3.48. The van der Waals surface area contributed by atoms with Crippen molar-refractivity contribution in [2.75, 3.05) is 31.1 Å². The van der Waals surface area contributed by atoms with Crippen LogP contribution in [0.1, 0.15) is 5.56 Å². The summed E-state index contributed by atoms with van der Waals surface area (Å²) in [6.07, 6.45) is 0. The molecule has 0 bridgehead atoms. The molecule has 0 radical (unpaired) electrons. The fourth-order valence-electron chi connectivity index (χ4n) is 2.16. The van der Waals surface area contributed by atoms with E-state index in [1.165, 1.54) is 0 Å². The molecule has 1 aliphatic rings. The van der Waals surface area contributed by atoms with Crippen molar-refractivity contribution >= 4 is 28.7 Å². The summed E-state index contributed by atoms with van der Waals surface area (Å²) < 4.78 is 5.75. The van der Waals surface area contributed by atoms with Gasteiger partial charge in [0, 0.05) is 36.8 Å². The second-order valence-corrected chi connectivity index (χ2v) is 4.74. The van der Waals surface area contributed by atoms with Crippen molar-refractivity contribution in [3.63, 3.8) is 0 Å². The number of fused-ring (bicyclic) bond motifs is 1. The van der Waals surface area contributed by atoms with Crippen molar-refractivity contribution in [2.24, 2.45) is 0 Å². The van der Waals surface area contributed by atoms with E-state index in [9.17, 15) is 5.11 Å². The molecular formula is C12H14ClN3O2. The van der Waals surface area contributed by atoms with Crippen molar-refractivity contribution in [1.82, 2.24) is 10.3 Å². The lowest BCUT2D eigenvalue weighted by Crippen LogP contribution is -2.43. The molecular weight excluding hydrogens is 254 g/mol. The fourth-order valence-corrected chi connectivity index (χ4v) is 2.40. The number of aliphatic hydroxyl groups excluding tert-OH is 1. The van der Waals surface area contributed by atoms with Crippen molar-refractivity contribution < 1.29 is 9.52 Å². The molecule has 0 saturated carbocycles. The minimum Gasteiger partial charge on any atom is -0.423 e. The zero-order chi connectivity index (χ0) is 12.5. The third kappa shape index (κ3) is 2.05. The number of hydrogen-bond acceptors (Lipinski definition) is 5. The third-order valence-corrected chi connectivity index (χ3v) is 3.30. The maximum atomic E-state index is 9.31. The van der Waals surface area contributed by atoms with Crippen molar-refractivity contribution in [1.29, 1.82) is 0 Å². The number of oxazole rings is 1. The summed E-state index contributed by atoms with van der Waals surface area (Å²) in [5.41, 5.74) is 1.99. The van der Waals surface area contributed by atoms with E-state index in [1.807, 2.05) is 0 Å². The number of nitrogens with zero attached hydrogens (tertiary/aromatic N) is 2. The Hall–Kier alpha value is -1.30. The Bertz CT molecular complexity index is 564. The zero-order valence-electron chi connectivity index (χ0n) is 9.82. The van der Waals surface area contributed by atoms with Gasteiger partial charge in [0.25, 0.3) is 6.01 Å². The van der Waals surface area contributed by atoms with Gasteiger partial charge in [-0.1, -0.05) is 11.6 Å². The first-order valence-electron chi connectivity index (χ1n) is 5.93. The highest BCUT2D eigenvalue weighted by atomic mass is 35.5. The number of aromatic nitrogens is 1. The molecule has 96 valence electrons. The Morgan fingerprint density at radius 3 is 2.89 bits per heavy atom. The number of nitrogens with one attached hydrogen (secondary N) is 1. The van der Waals surface area contributed by atoms with Gasteiger partial charge in [-0.2, -0.15) is 4.98 Å². The molecule has 2 heterocycles. The molecule has 0 atom stereocenters. The Kier molecular flexibility index (Phi) is 3.11. The number of anilines is 1. The lowest BCUT2D eigenvalue weighted by atomic mass is 10.2. The predicted octanol–water partition coefficient (Wildman–Crippen LogP) is 1.38. The second-order valence-electron chi connectivity index (χ2n) is 4.30. The highest BCUT2D eigenvalue weighted by molar-refractivity contribution is 6.31. The molecule has 2 aromatic rings. The molecule has 1 aliphatic heterocycles. The quantitative estimate of drug-likeness (QED) is 0.861. The largest absolute Gasteiger partial charge is 0.423 e. The zero-order valence-corrected chi connectivity index (χ0v) is 10.6. The maximum absolute atomic E-state index is 9.31. The number of benzene rings is 1. The molecule has 0 spiro atoms. The molecule has 5 nitrogen and oxygen atoms in total. The van der Waals surface area contributed by atoms with Gasteiger partial charge in [-0.05, 0) is 12.1 Å². The van der Waals surface area contributed by atoms with Gasteiger partial charge in [0.2, 0.25) is 0 Å². The van der Waals surface area contributed by atoms with Crippen LogP contribution in [0.4, 0.5) is 6.01 Å². The first-order chi connectivity index (χ1) is 8.78. The minimum absolute atomic E-state index is 0.104. The lowest BCUT2D eigenvalue weighted by molar-refractivity contribution is 0.281. The standard InChI is InChI=1S/C12H14ClN3O2/c13-9-5-8(7-17)11-10(6-9)15-12(18-11)16-3-1-14-2-4-16/h5-6,14,17H,1-4,7H2. The smallest absolute Gasteiger partial charge is 0.298 e. The van der Waals surface area contributed by atoms with Gasteiger partial charge in [0.05, 0.1) is 6.61 Å². The SMILES string of the molecule is OCc1cc(Cl)cc2nc(N3CCNCC3)oc12.